The normalized spacial score (nSPS) is 21.6. The monoisotopic (exact) mass is 201 g/mol. The van der Waals surface area contributed by atoms with E-state index in [1.807, 2.05) is 0 Å². The maximum Gasteiger partial charge on any atom is 0.0700 e. The van der Waals surface area contributed by atoms with Crippen LogP contribution in [-0.4, -0.2) is 39.0 Å². The van der Waals surface area contributed by atoms with E-state index in [9.17, 15) is 0 Å². The van der Waals surface area contributed by atoms with Crippen LogP contribution in [0.3, 0.4) is 0 Å². The third-order valence-electron chi connectivity index (χ3n) is 2.39. The molecule has 1 saturated heterocycles. The molecule has 0 amide bonds. The molecule has 14 heavy (non-hydrogen) atoms. The minimum absolute atomic E-state index is 0.464. The highest BCUT2D eigenvalue weighted by atomic mass is 16.5. The molecular weight excluding hydrogens is 178 g/mol. The third kappa shape index (κ3) is 5.58. The first-order valence-electron chi connectivity index (χ1n) is 5.83. The Labute approximate surface area is 87.2 Å². The number of ether oxygens (including phenoxy) is 2. The van der Waals surface area contributed by atoms with Gasteiger partial charge in [0.25, 0.3) is 0 Å². The van der Waals surface area contributed by atoms with Crippen molar-refractivity contribution in [2.45, 2.75) is 38.7 Å². The van der Waals surface area contributed by atoms with Gasteiger partial charge in [0.15, 0.2) is 0 Å². The zero-order valence-corrected chi connectivity index (χ0v) is 9.26. The average molecular weight is 201 g/mol. The molecule has 1 aliphatic heterocycles. The Morgan fingerprint density at radius 1 is 1.43 bits per heavy atom. The fourth-order valence-electron chi connectivity index (χ4n) is 1.61. The molecule has 3 nitrogen and oxygen atoms in total. The van der Waals surface area contributed by atoms with Gasteiger partial charge in [-0.1, -0.05) is 6.92 Å². The van der Waals surface area contributed by atoms with Crippen molar-refractivity contribution in [3.63, 3.8) is 0 Å². The van der Waals surface area contributed by atoms with Crippen molar-refractivity contribution in [2.75, 3.05) is 32.9 Å². The average Bonchev–Trinajstić information content (AvgIpc) is 2.69. The highest BCUT2D eigenvalue weighted by molar-refractivity contribution is 4.67. The molecule has 0 aliphatic carbocycles. The molecule has 3 heteroatoms. The first kappa shape index (κ1) is 12.0. The number of hydrogen-bond acceptors (Lipinski definition) is 3. The highest BCUT2D eigenvalue weighted by Crippen LogP contribution is 2.10. The summed E-state index contributed by atoms with van der Waals surface area (Å²) in [7, 11) is 0. The lowest BCUT2D eigenvalue weighted by Gasteiger charge is -2.10. The SMILES string of the molecule is CCCOCCCNCC1CCCO1. The van der Waals surface area contributed by atoms with Crippen LogP contribution in [0, 0.1) is 0 Å². The van der Waals surface area contributed by atoms with E-state index in [2.05, 4.69) is 12.2 Å². The Balaban J connectivity index is 1.75. The van der Waals surface area contributed by atoms with Gasteiger partial charge in [0.05, 0.1) is 6.10 Å². The van der Waals surface area contributed by atoms with Gasteiger partial charge in [0, 0.05) is 26.4 Å². The van der Waals surface area contributed by atoms with Crippen molar-refractivity contribution in [3.05, 3.63) is 0 Å². The third-order valence-corrected chi connectivity index (χ3v) is 2.39. The maximum atomic E-state index is 5.50. The van der Waals surface area contributed by atoms with Crippen molar-refractivity contribution in [2.24, 2.45) is 0 Å². The predicted octanol–water partition coefficient (Wildman–Crippen LogP) is 1.57. The van der Waals surface area contributed by atoms with Crippen LogP contribution in [0.1, 0.15) is 32.6 Å². The molecule has 1 rings (SSSR count). The second kappa shape index (κ2) is 8.21. The molecule has 1 unspecified atom stereocenters. The Morgan fingerprint density at radius 2 is 2.36 bits per heavy atom. The maximum absolute atomic E-state index is 5.50. The Kier molecular flexibility index (Phi) is 7.01. The lowest BCUT2D eigenvalue weighted by atomic mass is 10.2. The van der Waals surface area contributed by atoms with Gasteiger partial charge in [-0.05, 0) is 32.2 Å². The summed E-state index contributed by atoms with van der Waals surface area (Å²) in [5.41, 5.74) is 0. The fraction of sp³-hybridized carbons (Fsp3) is 1.00. The van der Waals surface area contributed by atoms with Crippen molar-refractivity contribution < 1.29 is 9.47 Å². The van der Waals surface area contributed by atoms with Crippen LogP contribution in [0.5, 0.6) is 0 Å². The zero-order chi connectivity index (χ0) is 10.1. The number of nitrogens with one attached hydrogen (secondary N) is 1. The van der Waals surface area contributed by atoms with Crippen molar-refractivity contribution in [3.8, 4) is 0 Å². The standard InChI is InChI=1S/C11H23NO2/c1-2-7-13-8-4-6-12-10-11-5-3-9-14-11/h11-12H,2-10H2,1H3. The van der Waals surface area contributed by atoms with Gasteiger partial charge in [-0.2, -0.15) is 0 Å². The van der Waals surface area contributed by atoms with E-state index in [-0.39, 0.29) is 0 Å². The molecule has 1 fully saturated rings. The van der Waals surface area contributed by atoms with Gasteiger partial charge in [0.1, 0.15) is 0 Å². The second-order valence-corrected chi connectivity index (χ2v) is 3.81. The molecule has 1 N–H and O–H groups in total. The summed E-state index contributed by atoms with van der Waals surface area (Å²) >= 11 is 0. The molecule has 0 aromatic heterocycles. The van der Waals surface area contributed by atoms with Crippen molar-refractivity contribution in [1.82, 2.24) is 5.32 Å². The Morgan fingerprint density at radius 3 is 3.07 bits per heavy atom. The Hall–Kier alpha value is -0.120. The summed E-state index contributed by atoms with van der Waals surface area (Å²) < 4.78 is 10.9. The minimum Gasteiger partial charge on any atom is -0.381 e. The summed E-state index contributed by atoms with van der Waals surface area (Å²) in [5.74, 6) is 0. The minimum atomic E-state index is 0.464. The van der Waals surface area contributed by atoms with Gasteiger partial charge in [-0.3, -0.25) is 0 Å². The van der Waals surface area contributed by atoms with Crippen LogP contribution in [0.15, 0.2) is 0 Å². The molecular formula is C11H23NO2. The largest absolute Gasteiger partial charge is 0.381 e. The fourth-order valence-corrected chi connectivity index (χ4v) is 1.61. The summed E-state index contributed by atoms with van der Waals surface area (Å²) in [4.78, 5) is 0. The molecule has 1 heterocycles. The van der Waals surface area contributed by atoms with Crippen LogP contribution in [-0.2, 0) is 9.47 Å². The summed E-state index contributed by atoms with van der Waals surface area (Å²) in [6.07, 6.45) is 5.13. The molecule has 0 spiro atoms. The predicted molar refractivity (Wildman–Crippen MR) is 57.6 cm³/mol. The van der Waals surface area contributed by atoms with Gasteiger partial charge in [-0.25, -0.2) is 0 Å². The molecule has 0 bridgehead atoms. The topological polar surface area (TPSA) is 30.5 Å². The number of rotatable bonds is 8. The molecule has 0 saturated carbocycles. The lowest BCUT2D eigenvalue weighted by Crippen LogP contribution is -2.27. The quantitative estimate of drug-likeness (QED) is 0.605. The lowest BCUT2D eigenvalue weighted by molar-refractivity contribution is 0.107. The van der Waals surface area contributed by atoms with Gasteiger partial charge in [0.2, 0.25) is 0 Å². The molecule has 1 atom stereocenters. The van der Waals surface area contributed by atoms with E-state index in [1.54, 1.807) is 0 Å². The molecule has 0 aromatic rings. The molecule has 84 valence electrons. The van der Waals surface area contributed by atoms with Crippen molar-refractivity contribution >= 4 is 0 Å². The van der Waals surface area contributed by atoms with E-state index >= 15 is 0 Å². The van der Waals surface area contributed by atoms with Crippen LogP contribution < -0.4 is 5.32 Å². The Bertz CT molecular complexity index is 124. The molecule has 1 aliphatic rings. The molecule has 0 radical (unpaired) electrons. The summed E-state index contributed by atoms with van der Waals surface area (Å²) in [6.45, 7) is 6.91. The van der Waals surface area contributed by atoms with E-state index in [1.165, 1.54) is 12.8 Å². The van der Waals surface area contributed by atoms with E-state index in [4.69, 9.17) is 9.47 Å². The van der Waals surface area contributed by atoms with Crippen LogP contribution in [0.25, 0.3) is 0 Å². The van der Waals surface area contributed by atoms with Crippen LogP contribution in [0.2, 0.25) is 0 Å². The number of hydrogen-bond donors (Lipinski definition) is 1. The summed E-state index contributed by atoms with van der Waals surface area (Å²) in [6, 6.07) is 0. The van der Waals surface area contributed by atoms with Gasteiger partial charge in [-0.15, -0.1) is 0 Å². The molecule has 0 aromatic carbocycles. The van der Waals surface area contributed by atoms with Crippen LogP contribution >= 0.6 is 0 Å². The van der Waals surface area contributed by atoms with Gasteiger partial charge < -0.3 is 14.8 Å². The highest BCUT2D eigenvalue weighted by Gasteiger charge is 2.13. The first-order chi connectivity index (χ1) is 6.93. The van der Waals surface area contributed by atoms with Gasteiger partial charge >= 0.3 is 0 Å². The van der Waals surface area contributed by atoms with Crippen LogP contribution in [0.4, 0.5) is 0 Å². The second-order valence-electron chi connectivity index (χ2n) is 3.81. The summed E-state index contributed by atoms with van der Waals surface area (Å²) in [5, 5.41) is 3.40. The van der Waals surface area contributed by atoms with E-state index in [0.29, 0.717) is 6.10 Å². The smallest absolute Gasteiger partial charge is 0.0700 e. The first-order valence-corrected chi connectivity index (χ1v) is 5.83. The zero-order valence-electron chi connectivity index (χ0n) is 9.26. The van der Waals surface area contributed by atoms with E-state index in [0.717, 1.165) is 45.8 Å². The van der Waals surface area contributed by atoms with Crippen molar-refractivity contribution in [1.29, 1.82) is 0 Å². The van der Waals surface area contributed by atoms with E-state index < -0.39 is 0 Å².